The summed E-state index contributed by atoms with van der Waals surface area (Å²) in [6.45, 7) is 9.16. The van der Waals surface area contributed by atoms with E-state index in [9.17, 15) is 31.9 Å². The van der Waals surface area contributed by atoms with Gasteiger partial charge in [0.2, 0.25) is 5.91 Å². The van der Waals surface area contributed by atoms with Gasteiger partial charge in [-0.3, -0.25) is 9.59 Å². The molecule has 0 aliphatic heterocycles. The number of amides is 2. The molecule has 7 nitrogen and oxygen atoms in total. The Kier molecular flexibility index (Phi) is 11.7. The van der Waals surface area contributed by atoms with E-state index in [2.05, 4.69) is 27.5 Å². The second-order valence-corrected chi connectivity index (χ2v) is 10.5. The number of unbranched alkanes of at least 4 members (excludes halogenated alkanes) is 1. The molecular weight excluding hydrogens is 530 g/mol. The van der Waals surface area contributed by atoms with Crippen molar-refractivity contribution in [3.63, 3.8) is 0 Å². The number of anilines is 1. The number of hydrogen-bond acceptors (Lipinski definition) is 5. The fourth-order valence-electron chi connectivity index (χ4n) is 3.44. The number of carbonyl (C=O) groups is 3. The molecule has 1 heterocycles. The van der Waals surface area contributed by atoms with Crippen LogP contribution in [0.5, 0.6) is 0 Å². The van der Waals surface area contributed by atoms with Gasteiger partial charge in [-0.15, -0.1) is 0 Å². The first-order valence-corrected chi connectivity index (χ1v) is 12.8. The molecule has 2 amide bonds. The van der Waals surface area contributed by atoms with Gasteiger partial charge in [-0.05, 0) is 57.9 Å². The highest BCUT2D eigenvalue weighted by atomic mass is 19.2. The molecule has 2 rings (SSSR count). The molecule has 1 aromatic heterocycles. The first-order chi connectivity index (χ1) is 18.7. The number of carbonyl (C=O) groups excluding carboxylic acids is 3. The van der Waals surface area contributed by atoms with E-state index in [0.717, 1.165) is 0 Å². The van der Waals surface area contributed by atoms with Gasteiger partial charge in [-0.25, -0.2) is 13.6 Å². The van der Waals surface area contributed by atoms with Gasteiger partial charge >= 0.3 is 6.09 Å². The lowest BCUT2D eigenvalue weighted by atomic mass is 9.91. The van der Waals surface area contributed by atoms with Crippen molar-refractivity contribution in [3.05, 3.63) is 58.9 Å². The molecule has 0 fully saturated rings. The lowest BCUT2D eigenvalue weighted by Gasteiger charge is -2.20. The highest BCUT2D eigenvalue weighted by molar-refractivity contribution is 5.95. The average molecular weight is 564 g/mol. The zero-order chi connectivity index (χ0) is 30.0. The van der Waals surface area contributed by atoms with E-state index in [4.69, 9.17) is 4.74 Å². The first kappa shape index (κ1) is 32.3. The Morgan fingerprint density at radius 2 is 1.55 bits per heavy atom. The van der Waals surface area contributed by atoms with E-state index in [-0.39, 0.29) is 29.6 Å². The van der Waals surface area contributed by atoms with Gasteiger partial charge in [0.15, 0.2) is 11.6 Å². The molecule has 40 heavy (non-hydrogen) atoms. The number of halogens is 4. The summed E-state index contributed by atoms with van der Waals surface area (Å²) in [5.41, 5.74) is -1.04. The van der Waals surface area contributed by atoms with Crippen molar-refractivity contribution in [2.75, 3.05) is 11.9 Å². The zero-order valence-electron chi connectivity index (χ0n) is 23.1. The maximum Gasteiger partial charge on any atom is 0.407 e. The number of alkyl carbamates (subject to hydrolysis) is 1. The number of Topliss-reactive ketones (excluding diaryl/α,β-unsaturated/α-hetero) is 1. The summed E-state index contributed by atoms with van der Waals surface area (Å²) >= 11 is 0. The second kappa shape index (κ2) is 14.4. The van der Waals surface area contributed by atoms with Crippen molar-refractivity contribution in [2.45, 2.75) is 65.9 Å². The number of benzene rings is 1. The Labute approximate surface area is 231 Å². The van der Waals surface area contributed by atoms with Crippen LogP contribution < -0.4 is 10.6 Å². The summed E-state index contributed by atoms with van der Waals surface area (Å²) in [4.78, 5) is 39.6. The molecule has 216 valence electrons. The number of nitrogens with one attached hydrogen (secondary N) is 2. The lowest BCUT2D eigenvalue weighted by Crippen LogP contribution is -2.33. The molecule has 0 bridgehead atoms. The topological polar surface area (TPSA) is 97.4 Å². The molecule has 0 radical (unpaired) electrons. The Morgan fingerprint density at radius 3 is 2.10 bits per heavy atom. The quantitative estimate of drug-likeness (QED) is 0.162. The van der Waals surface area contributed by atoms with Crippen molar-refractivity contribution in [1.29, 1.82) is 0 Å². The molecule has 11 heteroatoms. The highest BCUT2D eigenvalue weighted by Crippen LogP contribution is 2.20. The maximum atomic E-state index is 13.8. The maximum absolute atomic E-state index is 13.8. The van der Waals surface area contributed by atoms with Gasteiger partial charge in [0.25, 0.3) is 11.9 Å². The van der Waals surface area contributed by atoms with Gasteiger partial charge in [0.1, 0.15) is 16.9 Å². The van der Waals surface area contributed by atoms with E-state index in [0.29, 0.717) is 31.5 Å². The van der Waals surface area contributed by atoms with Crippen LogP contribution in [0.15, 0.2) is 24.3 Å². The minimum atomic E-state index is -1.80. The molecule has 0 aliphatic carbocycles. The third-order valence-electron chi connectivity index (χ3n) is 5.59. The third-order valence-corrected chi connectivity index (χ3v) is 5.59. The fraction of sp³-hybridized carbons (Fsp3) is 0.448. The minimum absolute atomic E-state index is 0.0545. The van der Waals surface area contributed by atoms with Crippen LogP contribution in [0, 0.1) is 47.2 Å². The van der Waals surface area contributed by atoms with E-state index in [1.54, 1.807) is 34.6 Å². The van der Waals surface area contributed by atoms with Crippen LogP contribution in [0.4, 0.5) is 28.0 Å². The Bertz CT molecular complexity index is 1250. The number of ketones is 1. The number of aromatic nitrogens is 1. The summed E-state index contributed by atoms with van der Waals surface area (Å²) in [5, 5.41) is 5.41. The molecule has 1 aromatic carbocycles. The zero-order valence-corrected chi connectivity index (χ0v) is 23.1. The van der Waals surface area contributed by atoms with Crippen molar-refractivity contribution < 1.29 is 36.7 Å². The van der Waals surface area contributed by atoms with Crippen molar-refractivity contribution in [3.8, 4) is 11.8 Å². The van der Waals surface area contributed by atoms with Crippen LogP contribution in [0.1, 0.15) is 71.4 Å². The third kappa shape index (κ3) is 10.3. The summed E-state index contributed by atoms with van der Waals surface area (Å²) in [6.07, 6.45) is 1.11. The first-order valence-electron chi connectivity index (χ1n) is 12.8. The van der Waals surface area contributed by atoms with Crippen LogP contribution in [-0.2, 0) is 14.3 Å². The molecule has 1 atom stereocenters. The van der Waals surface area contributed by atoms with Crippen LogP contribution in [0.2, 0.25) is 0 Å². The Balaban J connectivity index is 2.02. The molecular formula is C29H33F4N3O4. The van der Waals surface area contributed by atoms with Gasteiger partial charge in [0.05, 0.1) is 0 Å². The predicted octanol–water partition coefficient (Wildman–Crippen LogP) is 5.90. The van der Waals surface area contributed by atoms with Crippen molar-refractivity contribution >= 4 is 23.5 Å². The van der Waals surface area contributed by atoms with Crippen LogP contribution >= 0.6 is 0 Å². The monoisotopic (exact) mass is 563 g/mol. The number of rotatable bonds is 10. The average Bonchev–Trinajstić information content (AvgIpc) is 2.86. The van der Waals surface area contributed by atoms with Gasteiger partial charge in [-0.1, -0.05) is 32.1 Å². The molecule has 0 aliphatic rings. The summed E-state index contributed by atoms with van der Waals surface area (Å²) in [7, 11) is 0. The standard InChI is InChI=1S/C29H33F4N3O4/c1-17(2)22(37)16-19(8-6-7-15-34-28(39)40-29(3,4)5)27(38)35-20-12-9-18(10-13-20)11-14-21-23(30)25(32)36-26(33)24(21)31/h9-10,12-13,17,19H,6-8,15-16H2,1-5H3,(H,34,39)(H,35,38). The van der Waals surface area contributed by atoms with E-state index >= 15 is 0 Å². The molecule has 0 saturated carbocycles. The normalized spacial score (nSPS) is 11.8. The van der Waals surface area contributed by atoms with E-state index in [1.165, 1.54) is 24.3 Å². The van der Waals surface area contributed by atoms with Crippen LogP contribution in [-0.4, -0.2) is 34.9 Å². The molecule has 2 aromatic rings. The number of hydrogen-bond donors (Lipinski definition) is 2. The summed E-state index contributed by atoms with van der Waals surface area (Å²) in [5.74, 6) is -3.77. The minimum Gasteiger partial charge on any atom is -0.444 e. The van der Waals surface area contributed by atoms with Gasteiger partial charge in [-0.2, -0.15) is 13.8 Å². The molecule has 2 N–H and O–H groups in total. The van der Waals surface area contributed by atoms with Crippen molar-refractivity contribution in [1.82, 2.24) is 10.3 Å². The predicted molar refractivity (Wildman–Crippen MR) is 141 cm³/mol. The largest absolute Gasteiger partial charge is 0.444 e. The van der Waals surface area contributed by atoms with Crippen molar-refractivity contribution in [2.24, 2.45) is 11.8 Å². The summed E-state index contributed by atoms with van der Waals surface area (Å²) in [6, 6.07) is 5.88. The molecule has 0 spiro atoms. The molecule has 1 unspecified atom stereocenters. The van der Waals surface area contributed by atoms with Gasteiger partial charge < -0.3 is 15.4 Å². The second-order valence-electron chi connectivity index (χ2n) is 10.5. The number of pyridine rings is 1. The smallest absolute Gasteiger partial charge is 0.407 e. The summed E-state index contributed by atoms with van der Waals surface area (Å²) < 4.78 is 59.2. The molecule has 0 saturated heterocycles. The number of nitrogens with zero attached hydrogens (tertiary/aromatic N) is 1. The van der Waals surface area contributed by atoms with Crippen LogP contribution in [0.3, 0.4) is 0 Å². The van der Waals surface area contributed by atoms with Gasteiger partial charge in [0, 0.05) is 36.1 Å². The lowest BCUT2D eigenvalue weighted by molar-refractivity contribution is -0.128. The SMILES string of the molecule is CC(C)C(=O)CC(CCCCNC(=O)OC(C)(C)C)C(=O)Nc1ccc(C#Cc2c(F)c(F)nc(F)c2F)cc1. The van der Waals surface area contributed by atoms with E-state index in [1.807, 2.05) is 0 Å². The van der Waals surface area contributed by atoms with E-state index < -0.39 is 46.7 Å². The van der Waals surface area contributed by atoms with Crippen LogP contribution in [0.25, 0.3) is 0 Å². The number of ether oxygens (including phenoxy) is 1. The fourth-order valence-corrected chi connectivity index (χ4v) is 3.44. The highest BCUT2D eigenvalue weighted by Gasteiger charge is 2.23. The Morgan fingerprint density at radius 1 is 0.950 bits per heavy atom. The Hall–Kier alpha value is -3.94.